The molecule has 0 N–H and O–H groups in total. The van der Waals surface area contributed by atoms with E-state index in [1.807, 2.05) is 11.0 Å². The minimum atomic E-state index is -0.249. The van der Waals surface area contributed by atoms with Crippen molar-refractivity contribution in [3.8, 4) is 10.4 Å². The van der Waals surface area contributed by atoms with Gasteiger partial charge in [-0.25, -0.2) is 14.4 Å². The van der Waals surface area contributed by atoms with Crippen LogP contribution >= 0.6 is 23.1 Å². The van der Waals surface area contributed by atoms with Crippen molar-refractivity contribution in [1.82, 2.24) is 14.9 Å². The maximum Gasteiger partial charge on any atom is 0.232 e. The van der Waals surface area contributed by atoms with Crippen LogP contribution in [0, 0.1) is 11.7 Å². The van der Waals surface area contributed by atoms with Gasteiger partial charge in [0.2, 0.25) is 5.91 Å². The first-order chi connectivity index (χ1) is 13.1. The van der Waals surface area contributed by atoms with Gasteiger partial charge in [-0.15, -0.1) is 11.3 Å². The first-order valence-electron chi connectivity index (χ1n) is 9.01. The fourth-order valence-corrected chi connectivity index (χ4v) is 5.43. The molecule has 2 aromatic heterocycles. The van der Waals surface area contributed by atoms with E-state index in [1.165, 1.54) is 30.3 Å². The molecular formula is C20H20FN3OS2. The number of halogens is 1. The van der Waals surface area contributed by atoms with Gasteiger partial charge >= 0.3 is 0 Å². The number of carbonyl (C=O) groups is 1. The highest BCUT2D eigenvalue weighted by molar-refractivity contribution is 8.00. The second kappa shape index (κ2) is 7.94. The summed E-state index contributed by atoms with van der Waals surface area (Å²) in [5, 5.41) is 0.830. The number of thiophene rings is 1. The molecule has 1 saturated heterocycles. The van der Waals surface area contributed by atoms with E-state index in [1.54, 1.807) is 29.8 Å². The number of fused-ring (bicyclic) bond motifs is 1. The highest BCUT2D eigenvalue weighted by Gasteiger charge is 2.21. The zero-order chi connectivity index (χ0) is 18.8. The number of thioether (sulfide) groups is 1. The van der Waals surface area contributed by atoms with Crippen LogP contribution in [0.4, 0.5) is 4.39 Å². The third-order valence-corrected chi connectivity index (χ3v) is 7.03. The van der Waals surface area contributed by atoms with Crippen LogP contribution in [0.1, 0.15) is 19.8 Å². The Balaban J connectivity index is 1.52. The van der Waals surface area contributed by atoms with Crippen LogP contribution in [0.3, 0.4) is 0 Å². The number of hydrogen-bond donors (Lipinski definition) is 0. The molecule has 7 heteroatoms. The molecule has 0 aliphatic carbocycles. The number of amides is 1. The maximum absolute atomic E-state index is 13.2. The Labute approximate surface area is 165 Å². The van der Waals surface area contributed by atoms with Gasteiger partial charge in [-0.2, -0.15) is 0 Å². The van der Waals surface area contributed by atoms with E-state index in [9.17, 15) is 9.18 Å². The van der Waals surface area contributed by atoms with Crippen molar-refractivity contribution in [2.45, 2.75) is 24.8 Å². The summed E-state index contributed by atoms with van der Waals surface area (Å²) in [6.45, 7) is 3.91. The molecule has 1 atom stereocenters. The van der Waals surface area contributed by atoms with Gasteiger partial charge in [-0.05, 0) is 42.5 Å². The van der Waals surface area contributed by atoms with Crippen LogP contribution in [0.2, 0.25) is 0 Å². The Kier molecular flexibility index (Phi) is 5.41. The Morgan fingerprint density at radius 2 is 2.15 bits per heavy atom. The Hall–Kier alpha value is -1.99. The number of aromatic nitrogens is 2. The highest BCUT2D eigenvalue weighted by atomic mass is 32.2. The fourth-order valence-electron chi connectivity index (χ4n) is 3.33. The zero-order valence-corrected chi connectivity index (χ0v) is 16.7. The average Bonchev–Trinajstić information content (AvgIpc) is 3.11. The average molecular weight is 402 g/mol. The normalized spacial score (nSPS) is 17.4. The molecule has 1 aromatic carbocycles. The van der Waals surface area contributed by atoms with E-state index >= 15 is 0 Å². The van der Waals surface area contributed by atoms with Crippen LogP contribution in [0.5, 0.6) is 0 Å². The summed E-state index contributed by atoms with van der Waals surface area (Å²) in [6, 6.07) is 8.44. The summed E-state index contributed by atoms with van der Waals surface area (Å²) in [6.07, 6.45) is 3.82. The van der Waals surface area contributed by atoms with E-state index in [2.05, 4.69) is 16.9 Å². The molecular weight excluding hydrogens is 381 g/mol. The number of rotatable bonds is 4. The smallest absolute Gasteiger partial charge is 0.232 e. The summed E-state index contributed by atoms with van der Waals surface area (Å²) >= 11 is 3.05. The Bertz CT molecular complexity index is 958. The molecule has 0 radical (unpaired) electrons. The number of benzene rings is 1. The molecule has 4 rings (SSSR count). The van der Waals surface area contributed by atoms with Gasteiger partial charge in [0.15, 0.2) is 0 Å². The van der Waals surface area contributed by atoms with E-state index in [0.717, 1.165) is 45.2 Å². The molecule has 0 spiro atoms. The van der Waals surface area contributed by atoms with E-state index in [4.69, 9.17) is 0 Å². The lowest BCUT2D eigenvalue weighted by atomic mass is 10.0. The zero-order valence-electron chi connectivity index (χ0n) is 15.0. The Morgan fingerprint density at radius 1 is 1.33 bits per heavy atom. The maximum atomic E-state index is 13.2. The monoisotopic (exact) mass is 401 g/mol. The topological polar surface area (TPSA) is 46.1 Å². The molecule has 140 valence electrons. The number of likely N-dealkylation sites (tertiary alicyclic amines) is 1. The minimum absolute atomic E-state index is 0.175. The van der Waals surface area contributed by atoms with Gasteiger partial charge in [-0.3, -0.25) is 4.79 Å². The molecule has 1 amide bonds. The molecule has 3 heterocycles. The molecule has 0 saturated carbocycles. The predicted octanol–water partition coefficient (Wildman–Crippen LogP) is 4.85. The molecule has 1 aliphatic rings. The van der Waals surface area contributed by atoms with Crippen molar-refractivity contribution in [3.63, 3.8) is 0 Å². The van der Waals surface area contributed by atoms with Crippen molar-refractivity contribution in [2.24, 2.45) is 5.92 Å². The quantitative estimate of drug-likeness (QED) is 0.463. The largest absolute Gasteiger partial charge is 0.342 e. The first-order valence-corrected chi connectivity index (χ1v) is 10.8. The van der Waals surface area contributed by atoms with E-state index in [-0.39, 0.29) is 11.7 Å². The summed E-state index contributed by atoms with van der Waals surface area (Å²) in [4.78, 5) is 24.3. The SMILES string of the molecule is C[C@@H]1CCCN(C(=O)CSc2ncnc3cc(-c4ccc(F)cc4)sc23)C1. The van der Waals surface area contributed by atoms with E-state index < -0.39 is 0 Å². The standard InChI is InChI=1S/C20H20FN3OS2/c1-13-3-2-8-24(10-13)18(25)11-26-20-19-16(22-12-23-20)9-17(27-19)14-4-6-15(21)7-5-14/h4-7,9,12-13H,2-3,8,10-11H2,1H3/t13-/m1/s1. The van der Waals surface area contributed by atoms with Crippen LogP contribution in [0.25, 0.3) is 20.7 Å². The molecule has 27 heavy (non-hydrogen) atoms. The van der Waals surface area contributed by atoms with Gasteiger partial charge in [0.05, 0.1) is 16.0 Å². The van der Waals surface area contributed by atoms with Crippen LogP contribution in [-0.2, 0) is 4.79 Å². The van der Waals surface area contributed by atoms with Gasteiger partial charge < -0.3 is 4.90 Å². The number of carbonyl (C=O) groups excluding carboxylic acids is 1. The molecule has 1 fully saturated rings. The van der Waals surface area contributed by atoms with E-state index in [0.29, 0.717) is 11.7 Å². The summed E-state index contributed by atoms with van der Waals surface area (Å²) < 4.78 is 14.1. The lowest BCUT2D eigenvalue weighted by molar-refractivity contribution is -0.130. The van der Waals surface area contributed by atoms with Crippen LogP contribution < -0.4 is 0 Å². The van der Waals surface area contributed by atoms with Crippen molar-refractivity contribution < 1.29 is 9.18 Å². The number of piperidine rings is 1. The summed E-state index contributed by atoms with van der Waals surface area (Å²) in [7, 11) is 0. The minimum Gasteiger partial charge on any atom is -0.342 e. The van der Waals surface area contributed by atoms with Crippen molar-refractivity contribution in [3.05, 3.63) is 42.5 Å². The van der Waals surface area contributed by atoms with Crippen LogP contribution in [0.15, 0.2) is 41.7 Å². The lowest BCUT2D eigenvalue weighted by Crippen LogP contribution is -2.40. The van der Waals surface area contributed by atoms with Crippen molar-refractivity contribution in [1.29, 1.82) is 0 Å². The van der Waals surface area contributed by atoms with Crippen molar-refractivity contribution in [2.75, 3.05) is 18.8 Å². The Morgan fingerprint density at radius 3 is 2.93 bits per heavy atom. The van der Waals surface area contributed by atoms with Crippen molar-refractivity contribution >= 4 is 39.2 Å². The van der Waals surface area contributed by atoms with Gasteiger partial charge in [-0.1, -0.05) is 30.8 Å². The second-order valence-corrected chi connectivity index (χ2v) is 8.90. The predicted molar refractivity (Wildman–Crippen MR) is 109 cm³/mol. The van der Waals surface area contributed by atoms with Gasteiger partial charge in [0.25, 0.3) is 0 Å². The highest BCUT2D eigenvalue weighted by Crippen LogP contribution is 2.37. The molecule has 0 unspecified atom stereocenters. The number of nitrogens with zero attached hydrogens (tertiary/aromatic N) is 3. The number of hydrogen-bond acceptors (Lipinski definition) is 5. The fraction of sp³-hybridized carbons (Fsp3) is 0.350. The van der Waals surface area contributed by atoms with Crippen LogP contribution in [-0.4, -0.2) is 39.6 Å². The summed E-state index contributed by atoms with van der Waals surface area (Å²) in [5.74, 6) is 0.895. The third-order valence-electron chi connectivity index (χ3n) is 4.75. The second-order valence-electron chi connectivity index (χ2n) is 6.89. The summed E-state index contributed by atoms with van der Waals surface area (Å²) in [5.41, 5.74) is 1.81. The molecule has 3 aromatic rings. The third kappa shape index (κ3) is 4.14. The molecule has 4 nitrogen and oxygen atoms in total. The van der Waals surface area contributed by atoms with Gasteiger partial charge in [0, 0.05) is 18.0 Å². The molecule has 0 bridgehead atoms. The lowest BCUT2D eigenvalue weighted by Gasteiger charge is -2.30. The first kappa shape index (κ1) is 18.4. The van der Waals surface area contributed by atoms with Gasteiger partial charge in [0.1, 0.15) is 17.2 Å². The molecule has 1 aliphatic heterocycles.